The summed E-state index contributed by atoms with van der Waals surface area (Å²) < 4.78 is 3.51. The Hall–Kier alpha value is -1.82. The van der Waals surface area contributed by atoms with Crippen molar-refractivity contribution in [3.05, 3.63) is 34.9 Å². The first-order chi connectivity index (χ1) is 9.99. The van der Waals surface area contributed by atoms with Crippen molar-refractivity contribution in [2.75, 3.05) is 6.54 Å². The van der Waals surface area contributed by atoms with Crippen LogP contribution in [0.15, 0.2) is 18.5 Å². The molecule has 0 saturated carbocycles. The first-order valence-corrected chi connectivity index (χ1v) is 7.34. The predicted octanol–water partition coefficient (Wildman–Crippen LogP) is 2.12. The number of halogens is 1. The van der Waals surface area contributed by atoms with E-state index in [1.54, 1.807) is 24.0 Å². The second-order valence-electron chi connectivity index (χ2n) is 5.06. The summed E-state index contributed by atoms with van der Waals surface area (Å²) in [7, 11) is 0. The molecule has 1 unspecified atom stereocenters. The van der Waals surface area contributed by atoms with Gasteiger partial charge in [-0.3, -0.25) is 14.2 Å². The summed E-state index contributed by atoms with van der Waals surface area (Å²) >= 11 is 5.95. The van der Waals surface area contributed by atoms with Crippen molar-refractivity contribution < 1.29 is 4.79 Å². The lowest BCUT2D eigenvalue weighted by molar-refractivity contribution is -0.124. The first-order valence-electron chi connectivity index (χ1n) is 6.96. The number of rotatable bonds is 6. The number of carbonyl (C=O) groups is 1. The quantitative estimate of drug-likeness (QED) is 0.831. The van der Waals surface area contributed by atoms with Crippen LogP contribution in [0.25, 0.3) is 0 Å². The zero-order valence-electron chi connectivity index (χ0n) is 12.5. The fourth-order valence-corrected chi connectivity index (χ4v) is 2.14. The molecule has 2 aromatic heterocycles. The molecule has 2 heterocycles. The molecule has 2 rings (SSSR count). The van der Waals surface area contributed by atoms with E-state index >= 15 is 0 Å². The van der Waals surface area contributed by atoms with E-state index < -0.39 is 0 Å². The molecule has 1 amide bonds. The summed E-state index contributed by atoms with van der Waals surface area (Å²) in [5.41, 5.74) is 1.85. The van der Waals surface area contributed by atoms with Crippen molar-refractivity contribution in [1.82, 2.24) is 24.9 Å². The van der Waals surface area contributed by atoms with Gasteiger partial charge in [-0.2, -0.15) is 10.2 Å². The van der Waals surface area contributed by atoms with Gasteiger partial charge in [-0.25, -0.2) is 0 Å². The third-order valence-corrected chi connectivity index (χ3v) is 3.78. The maximum absolute atomic E-state index is 12.1. The van der Waals surface area contributed by atoms with E-state index in [9.17, 15) is 4.79 Å². The van der Waals surface area contributed by atoms with E-state index in [2.05, 4.69) is 15.5 Å². The van der Waals surface area contributed by atoms with Crippen LogP contribution in [-0.2, 0) is 11.3 Å². The van der Waals surface area contributed by atoms with Crippen LogP contribution in [0.3, 0.4) is 0 Å². The van der Waals surface area contributed by atoms with Gasteiger partial charge in [0.1, 0.15) is 6.04 Å². The average molecular weight is 310 g/mol. The number of hydrogen-bond donors (Lipinski definition) is 1. The summed E-state index contributed by atoms with van der Waals surface area (Å²) in [6, 6.07) is 1.59. The highest BCUT2D eigenvalue weighted by molar-refractivity contribution is 6.31. The van der Waals surface area contributed by atoms with E-state index in [-0.39, 0.29) is 11.9 Å². The van der Waals surface area contributed by atoms with Gasteiger partial charge in [0, 0.05) is 31.2 Å². The number of amides is 1. The molecule has 0 fully saturated rings. The fourth-order valence-electron chi connectivity index (χ4n) is 2.00. The minimum absolute atomic E-state index is 0.0636. The van der Waals surface area contributed by atoms with Crippen molar-refractivity contribution in [3.8, 4) is 0 Å². The molecule has 2 aromatic rings. The van der Waals surface area contributed by atoms with E-state index in [0.29, 0.717) is 11.6 Å². The Balaban J connectivity index is 1.78. The van der Waals surface area contributed by atoms with E-state index in [1.807, 2.05) is 24.6 Å². The highest BCUT2D eigenvalue weighted by Crippen LogP contribution is 2.15. The Labute approximate surface area is 129 Å². The normalized spacial score (nSPS) is 12.4. The number of nitrogens with one attached hydrogen (secondary N) is 1. The summed E-state index contributed by atoms with van der Waals surface area (Å²) in [6.45, 7) is 7.03. The van der Waals surface area contributed by atoms with Gasteiger partial charge in [0.05, 0.1) is 10.7 Å². The number of nitrogens with zero attached hydrogens (tertiary/aromatic N) is 4. The monoisotopic (exact) mass is 309 g/mol. The number of hydrogen-bond acceptors (Lipinski definition) is 3. The van der Waals surface area contributed by atoms with Crippen molar-refractivity contribution in [1.29, 1.82) is 0 Å². The van der Waals surface area contributed by atoms with Crippen LogP contribution in [0.1, 0.15) is 30.8 Å². The van der Waals surface area contributed by atoms with Crippen LogP contribution >= 0.6 is 11.6 Å². The molecule has 0 bridgehead atoms. The fraction of sp³-hybridized carbons (Fsp3) is 0.500. The second-order valence-corrected chi connectivity index (χ2v) is 5.47. The van der Waals surface area contributed by atoms with Gasteiger partial charge in [-0.05, 0) is 33.3 Å². The third kappa shape index (κ3) is 3.85. The smallest absolute Gasteiger partial charge is 0.244 e. The Morgan fingerprint density at radius 1 is 1.48 bits per heavy atom. The topological polar surface area (TPSA) is 64.7 Å². The summed E-state index contributed by atoms with van der Waals surface area (Å²) in [6.07, 6.45) is 4.29. The lowest BCUT2D eigenvalue weighted by atomic mass is 10.3. The number of aromatic nitrogens is 4. The highest BCUT2D eigenvalue weighted by atomic mass is 35.5. The zero-order valence-corrected chi connectivity index (χ0v) is 13.3. The molecular weight excluding hydrogens is 290 g/mol. The van der Waals surface area contributed by atoms with Crippen molar-refractivity contribution >= 4 is 17.5 Å². The van der Waals surface area contributed by atoms with Crippen LogP contribution in [0, 0.1) is 13.8 Å². The Bertz CT molecular complexity index is 599. The molecule has 0 saturated heterocycles. The average Bonchev–Trinajstić information content (AvgIpc) is 3.00. The molecule has 0 spiro atoms. The first kappa shape index (κ1) is 15.6. The minimum Gasteiger partial charge on any atom is -0.354 e. The second kappa shape index (κ2) is 6.76. The predicted molar refractivity (Wildman–Crippen MR) is 81.3 cm³/mol. The molecule has 1 atom stereocenters. The van der Waals surface area contributed by atoms with Gasteiger partial charge < -0.3 is 5.32 Å². The SMILES string of the molecule is Cc1nn(C(C)C(=O)NCCCn2nccc2C)cc1Cl. The molecule has 0 radical (unpaired) electrons. The van der Waals surface area contributed by atoms with Crippen LogP contribution in [0.2, 0.25) is 5.02 Å². The minimum atomic E-state index is -0.373. The van der Waals surface area contributed by atoms with Gasteiger partial charge in [-0.15, -0.1) is 0 Å². The molecule has 7 heteroatoms. The van der Waals surface area contributed by atoms with Crippen LogP contribution in [0.4, 0.5) is 0 Å². The molecular formula is C14H20ClN5O. The highest BCUT2D eigenvalue weighted by Gasteiger charge is 2.16. The third-order valence-electron chi connectivity index (χ3n) is 3.41. The Morgan fingerprint density at radius 3 is 2.81 bits per heavy atom. The van der Waals surface area contributed by atoms with Gasteiger partial charge >= 0.3 is 0 Å². The Morgan fingerprint density at radius 2 is 2.24 bits per heavy atom. The molecule has 114 valence electrons. The largest absolute Gasteiger partial charge is 0.354 e. The van der Waals surface area contributed by atoms with Crippen LogP contribution in [-0.4, -0.2) is 32.0 Å². The van der Waals surface area contributed by atoms with Crippen molar-refractivity contribution in [2.45, 2.75) is 39.8 Å². The van der Waals surface area contributed by atoms with Gasteiger partial charge in [0.2, 0.25) is 5.91 Å². The van der Waals surface area contributed by atoms with E-state index in [0.717, 1.165) is 24.4 Å². The van der Waals surface area contributed by atoms with Crippen LogP contribution < -0.4 is 5.32 Å². The van der Waals surface area contributed by atoms with Gasteiger partial charge in [0.25, 0.3) is 0 Å². The van der Waals surface area contributed by atoms with Gasteiger partial charge in [0.15, 0.2) is 0 Å². The Kier molecular flexibility index (Phi) is 5.01. The molecule has 0 aliphatic rings. The van der Waals surface area contributed by atoms with Crippen molar-refractivity contribution in [2.24, 2.45) is 0 Å². The molecule has 0 aliphatic carbocycles. The molecule has 1 N–H and O–H groups in total. The molecule has 6 nitrogen and oxygen atoms in total. The number of carbonyl (C=O) groups excluding carboxylic acids is 1. The lowest BCUT2D eigenvalue weighted by Crippen LogP contribution is -2.32. The van der Waals surface area contributed by atoms with Crippen LogP contribution in [0.5, 0.6) is 0 Å². The van der Waals surface area contributed by atoms with Crippen molar-refractivity contribution in [3.63, 3.8) is 0 Å². The van der Waals surface area contributed by atoms with Gasteiger partial charge in [-0.1, -0.05) is 11.6 Å². The maximum Gasteiger partial charge on any atom is 0.244 e. The zero-order chi connectivity index (χ0) is 15.4. The summed E-state index contributed by atoms with van der Waals surface area (Å²) in [5.74, 6) is -0.0636. The molecule has 21 heavy (non-hydrogen) atoms. The lowest BCUT2D eigenvalue weighted by Gasteiger charge is -2.12. The molecule has 0 aromatic carbocycles. The molecule has 0 aliphatic heterocycles. The number of aryl methyl sites for hydroxylation is 3. The van der Waals surface area contributed by atoms with E-state index in [1.165, 1.54) is 0 Å². The van der Waals surface area contributed by atoms with E-state index in [4.69, 9.17) is 11.6 Å². The summed E-state index contributed by atoms with van der Waals surface area (Å²) in [5, 5.41) is 11.9. The standard InChI is InChI=1S/C14H20ClN5O/c1-10-5-7-17-19(10)8-4-6-16-14(21)12(3)20-9-13(15)11(2)18-20/h5,7,9,12H,4,6,8H2,1-3H3,(H,16,21). The summed E-state index contributed by atoms with van der Waals surface area (Å²) in [4.78, 5) is 12.1. The maximum atomic E-state index is 12.1.